The summed E-state index contributed by atoms with van der Waals surface area (Å²) in [5, 5.41) is 0. The van der Waals surface area contributed by atoms with Crippen LogP contribution in [-0.4, -0.2) is 0 Å². The highest BCUT2D eigenvalue weighted by atomic mass is 14.4. The summed E-state index contributed by atoms with van der Waals surface area (Å²) in [6.07, 6.45) is 14.3. The maximum absolute atomic E-state index is 2.42. The number of benzene rings is 2. The van der Waals surface area contributed by atoms with Crippen molar-refractivity contribution in [3.8, 4) is 11.1 Å². The zero-order valence-electron chi connectivity index (χ0n) is 18.0. The van der Waals surface area contributed by atoms with Crippen molar-refractivity contribution >= 4 is 0 Å². The molecule has 4 atom stereocenters. The molecule has 0 nitrogen and oxygen atoms in total. The molecule has 150 valence electrons. The van der Waals surface area contributed by atoms with Crippen LogP contribution >= 0.6 is 0 Å². The molecule has 2 fully saturated rings. The van der Waals surface area contributed by atoms with Crippen molar-refractivity contribution in [3.63, 3.8) is 0 Å². The Labute approximate surface area is 172 Å². The van der Waals surface area contributed by atoms with E-state index in [9.17, 15) is 0 Å². The maximum atomic E-state index is 2.42. The molecule has 28 heavy (non-hydrogen) atoms. The van der Waals surface area contributed by atoms with Crippen molar-refractivity contribution < 1.29 is 0 Å². The molecule has 2 aliphatic rings. The number of aryl methyl sites for hydroxylation is 1. The Hall–Kier alpha value is -1.56. The third-order valence-corrected chi connectivity index (χ3v) is 7.77. The van der Waals surface area contributed by atoms with Crippen LogP contribution in [0.15, 0.2) is 48.5 Å². The number of rotatable bonds is 6. The topological polar surface area (TPSA) is 0 Å². The summed E-state index contributed by atoms with van der Waals surface area (Å²) < 4.78 is 0. The molecule has 4 rings (SSSR count). The van der Waals surface area contributed by atoms with Gasteiger partial charge in [-0.05, 0) is 84.5 Å². The first-order valence-electron chi connectivity index (χ1n) is 12.0. The third kappa shape index (κ3) is 4.53. The highest BCUT2D eigenvalue weighted by molar-refractivity contribution is 5.64. The van der Waals surface area contributed by atoms with Gasteiger partial charge in [0.15, 0.2) is 0 Å². The predicted octanol–water partition coefficient (Wildman–Crippen LogP) is 8.41. The molecule has 0 saturated heterocycles. The van der Waals surface area contributed by atoms with E-state index in [4.69, 9.17) is 0 Å². The Kier molecular flexibility index (Phi) is 6.55. The van der Waals surface area contributed by atoms with Crippen LogP contribution in [0.1, 0.15) is 88.7 Å². The minimum Gasteiger partial charge on any atom is -0.0654 e. The fourth-order valence-electron chi connectivity index (χ4n) is 5.92. The van der Waals surface area contributed by atoms with Gasteiger partial charge in [0.1, 0.15) is 0 Å². The van der Waals surface area contributed by atoms with Crippen molar-refractivity contribution in [2.75, 3.05) is 0 Å². The van der Waals surface area contributed by atoms with Gasteiger partial charge < -0.3 is 0 Å². The van der Waals surface area contributed by atoms with Crippen LogP contribution in [0.2, 0.25) is 0 Å². The minimum atomic E-state index is 0.796. The summed E-state index contributed by atoms with van der Waals surface area (Å²) in [4.78, 5) is 0. The van der Waals surface area contributed by atoms with E-state index in [2.05, 4.69) is 62.4 Å². The number of fused-ring (bicyclic) bond motifs is 1. The van der Waals surface area contributed by atoms with Gasteiger partial charge in [-0.1, -0.05) is 88.1 Å². The molecule has 2 aromatic rings. The maximum Gasteiger partial charge on any atom is -0.0159 e. The monoisotopic (exact) mass is 374 g/mol. The van der Waals surface area contributed by atoms with Crippen LogP contribution in [0, 0.1) is 17.8 Å². The lowest BCUT2D eigenvalue weighted by atomic mass is 9.63. The lowest BCUT2D eigenvalue weighted by molar-refractivity contribution is 0.113. The third-order valence-electron chi connectivity index (χ3n) is 7.77. The Morgan fingerprint density at radius 2 is 1.36 bits per heavy atom. The first-order valence-corrected chi connectivity index (χ1v) is 12.0. The zero-order valence-corrected chi connectivity index (χ0v) is 18.0. The summed E-state index contributed by atoms with van der Waals surface area (Å²) in [5.41, 5.74) is 5.71. The average molecular weight is 375 g/mol. The standard InChI is InChI=1S/C28H38/c1-3-5-6-22-9-12-28-20-27(18-17-26(28)19-22)25-15-13-24(14-16-25)23-10-7-21(4-2)8-11-23/h7-8,10-11,13-16,22,26-28H,3-6,9,12,17-20H2,1-2H3/t22?,26-,27-,28-/m1/s1. The molecule has 2 saturated carbocycles. The van der Waals surface area contributed by atoms with Gasteiger partial charge in [0.25, 0.3) is 0 Å². The number of hydrogen-bond acceptors (Lipinski definition) is 0. The fourth-order valence-corrected chi connectivity index (χ4v) is 5.92. The molecule has 1 unspecified atom stereocenters. The van der Waals surface area contributed by atoms with Crippen LogP contribution in [0.4, 0.5) is 0 Å². The minimum absolute atomic E-state index is 0.796. The number of unbranched alkanes of at least 4 members (excludes halogenated alkanes) is 1. The second-order valence-electron chi connectivity index (χ2n) is 9.52. The van der Waals surface area contributed by atoms with E-state index in [1.54, 1.807) is 5.56 Å². The van der Waals surface area contributed by atoms with Crippen molar-refractivity contribution in [1.29, 1.82) is 0 Å². The van der Waals surface area contributed by atoms with Crippen LogP contribution in [-0.2, 0) is 6.42 Å². The largest absolute Gasteiger partial charge is 0.0654 e. The molecular formula is C28H38. The molecule has 0 amide bonds. The van der Waals surface area contributed by atoms with Crippen molar-refractivity contribution in [1.82, 2.24) is 0 Å². The second-order valence-corrected chi connectivity index (χ2v) is 9.52. The van der Waals surface area contributed by atoms with E-state index in [1.165, 1.54) is 74.5 Å². The van der Waals surface area contributed by atoms with E-state index >= 15 is 0 Å². The molecule has 2 aromatic carbocycles. The molecular weight excluding hydrogens is 336 g/mol. The molecule has 0 bridgehead atoms. The van der Waals surface area contributed by atoms with E-state index in [0.29, 0.717) is 0 Å². The van der Waals surface area contributed by atoms with E-state index in [-0.39, 0.29) is 0 Å². The van der Waals surface area contributed by atoms with Crippen molar-refractivity contribution in [2.45, 2.75) is 84.0 Å². The first-order chi connectivity index (χ1) is 13.8. The number of hydrogen-bond donors (Lipinski definition) is 0. The Bertz CT molecular complexity index is 724. The van der Waals surface area contributed by atoms with Gasteiger partial charge in [0.05, 0.1) is 0 Å². The van der Waals surface area contributed by atoms with Gasteiger partial charge >= 0.3 is 0 Å². The van der Waals surface area contributed by atoms with Crippen LogP contribution in [0.3, 0.4) is 0 Å². The highest BCUT2D eigenvalue weighted by Crippen LogP contribution is 2.48. The van der Waals surface area contributed by atoms with Crippen LogP contribution in [0.25, 0.3) is 11.1 Å². The van der Waals surface area contributed by atoms with E-state index < -0.39 is 0 Å². The normalized spacial score (nSPS) is 27.4. The van der Waals surface area contributed by atoms with Gasteiger partial charge in [-0.25, -0.2) is 0 Å². The van der Waals surface area contributed by atoms with Gasteiger partial charge in [0.2, 0.25) is 0 Å². The molecule has 0 aliphatic heterocycles. The predicted molar refractivity (Wildman–Crippen MR) is 122 cm³/mol. The Balaban J connectivity index is 1.36. The van der Waals surface area contributed by atoms with Crippen molar-refractivity contribution in [3.05, 3.63) is 59.7 Å². The van der Waals surface area contributed by atoms with Gasteiger partial charge in [-0.2, -0.15) is 0 Å². The zero-order chi connectivity index (χ0) is 19.3. The molecule has 0 spiro atoms. The summed E-state index contributed by atoms with van der Waals surface area (Å²) in [5.74, 6) is 3.86. The Morgan fingerprint density at radius 1 is 0.714 bits per heavy atom. The lowest BCUT2D eigenvalue weighted by Gasteiger charge is -2.42. The molecule has 0 N–H and O–H groups in total. The highest BCUT2D eigenvalue weighted by Gasteiger charge is 2.35. The van der Waals surface area contributed by atoms with Crippen LogP contribution in [0.5, 0.6) is 0 Å². The smallest absolute Gasteiger partial charge is 0.0159 e. The molecule has 0 radical (unpaired) electrons. The molecule has 0 heterocycles. The Morgan fingerprint density at radius 3 is 2.04 bits per heavy atom. The SMILES string of the molecule is CCCCC1CC[C@@H]2C[C@H](c3ccc(-c4ccc(CC)cc4)cc3)CC[C@@H]2C1. The van der Waals surface area contributed by atoms with Gasteiger partial charge in [-0.15, -0.1) is 0 Å². The van der Waals surface area contributed by atoms with Gasteiger partial charge in [-0.3, -0.25) is 0 Å². The molecule has 2 aliphatic carbocycles. The van der Waals surface area contributed by atoms with Gasteiger partial charge in [0, 0.05) is 0 Å². The summed E-state index contributed by atoms with van der Waals surface area (Å²) >= 11 is 0. The van der Waals surface area contributed by atoms with E-state index in [1.807, 2.05) is 0 Å². The lowest BCUT2D eigenvalue weighted by Crippen LogP contribution is -2.30. The second kappa shape index (κ2) is 9.29. The van der Waals surface area contributed by atoms with Crippen molar-refractivity contribution in [2.24, 2.45) is 17.8 Å². The van der Waals surface area contributed by atoms with Crippen LogP contribution < -0.4 is 0 Å². The fraction of sp³-hybridized carbons (Fsp3) is 0.571. The van der Waals surface area contributed by atoms with E-state index in [0.717, 1.165) is 30.1 Å². The quantitative estimate of drug-likeness (QED) is 0.476. The average Bonchev–Trinajstić information content (AvgIpc) is 2.77. The summed E-state index contributed by atoms with van der Waals surface area (Å²) in [7, 11) is 0. The molecule has 0 heteroatoms. The summed E-state index contributed by atoms with van der Waals surface area (Å²) in [6, 6.07) is 18.6. The molecule has 0 aromatic heterocycles. The summed E-state index contributed by atoms with van der Waals surface area (Å²) in [6.45, 7) is 4.55. The first kappa shape index (κ1) is 19.7.